The predicted molar refractivity (Wildman–Crippen MR) is 205 cm³/mol. The van der Waals surface area contributed by atoms with E-state index in [9.17, 15) is 0 Å². The lowest BCUT2D eigenvalue weighted by Crippen LogP contribution is -2.40. The molecule has 0 amide bonds. The molecule has 0 aromatic carbocycles. The molecule has 44 heavy (non-hydrogen) atoms. The van der Waals surface area contributed by atoms with E-state index in [1.165, 1.54) is 77.7 Å². The first kappa shape index (κ1) is 50.7. The van der Waals surface area contributed by atoms with E-state index in [1.807, 2.05) is 55.4 Å². The van der Waals surface area contributed by atoms with E-state index >= 15 is 0 Å². The molecule has 1 saturated carbocycles. The van der Waals surface area contributed by atoms with E-state index in [0.717, 1.165) is 56.4 Å². The number of piperidine rings is 2. The Kier molecular flexibility index (Phi) is 39.3. The first-order chi connectivity index (χ1) is 20.7. The van der Waals surface area contributed by atoms with Crippen molar-refractivity contribution in [3.05, 3.63) is 0 Å². The largest absolute Gasteiger partial charge is 0.379 e. The highest BCUT2D eigenvalue weighted by atomic mass is 16.5. The van der Waals surface area contributed by atoms with Gasteiger partial charge in [-0.15, -0.1) is 0 Å². The van der Waals surface area contributed by atoms with Crippen LogP contribution in [-0.2, 0) is 4.74 Å². The number of hydrogen-bond acceptors (Lipinski definition) is 5. The summed E-state index contributed by atoms with van der Waals surface area (Å²) in [6.45, 7) is 44.9. The maximum Gasteiger partial charge on any atom is 0.0594 e. The van der Waals surface area contributed by atoms with Crippen molar-refractivity contribution in [1.29, 1.82) is 0 Å². The lowest BCUT2D eigenvalue weighted by molar-refractivity contribution is 0.0238. The molecule has 0 N–H and O–H groups in total. The van der Waals surface area contributed by atoms with Gasteiger partial charge >= 0.3 is 0 Å². The van der Waals surface area contributed by atoms with Gasteiger partial charge in [0.2, 0.25) is 0 Å². The van der Waals surface area contributed by atoms with Gasteiger partial charge in [-0.2, -0.15) is 0 Å². The summed E-state index contributed by atoms with van der Waals surface area (Å²) in [6.07, 6.45) is 10.1. The van der Waals surface area contributed by atoms with Crippen LogP contribution in [-0.4, -0.2) is 109 Å². The Bertz CT molecular complexity index is 500. The summed E-state index contributed by atoms with van der Waals surface area (Å²) in [7, 11) is 0. The normalized spacial score (nSPS) is 22.6. The van der Waals surface area contributed by atoms with Gasteiger partial charge in [-0.25, -0.2) is 0 Å². The number of fused-ring (bicyclic) bond motifs is 1. The maximum atomic E-state index is 5.21. The van der Waals surface area contributed by atoms with Gasteiger partial charge in [-0.1, -0.05) is 69.2 Å². The fourth-order valence-corrected chi connectivity index (χ4v) is 5.86. The van der Waals surface area contributed by atoms with Gasteiger partial charge in [-0.3, -0.25) is 9.80 Å². The third kappa shape index (κ3) is 24.0. The van der Waals surface area contributed by atoms with Crippen molar-refractivity contribution in [3.8, 4) is 0 Å². The Balaban J connectivity index is -0.000000223. The second kappa shape index (κ2) is 34.1. The van der Waals surface area contributed by atoms with E-state index < -0.39 is 0 Å². The molecule has 4 aliphatic heterocycles. The molecule has 5 fully saturated rings. The van der Waals surface area contributed by atoms with Crippen LogP contribution in [0.2, 0.25) is 0 Å². The van der Waals surface area contributed by atoms with Crippen LogP contribution >= 0.6 is 0 Å². The minimum absolute atomic E-state index is 0. The molecule has 4 saturated heterocycles. The zero-order chi connectivity index (χ0) is 33.8. The average Bonchev–Trinajstić information content (AvgIpc) is 3.41. The van der Waals surface area contributed by atoms with Crippen molar-refractivity contribution in [2.75, 3.05) is 59.0 Å². The quantitative estimate of drug-likeness (QED) is 0.307. The van der Waals surface area contributed by atoms with Crippen molar-refractivity contribution in [1.82, 2.24) is 19.6 Å². The van der Waals surface area contributed by atoms with Crippen molar-refractivity contribution in [2.45, 2.75) is 193 Å². The molecule has 272 valence electrons. The summed E-state index contributed by atoms with van der Waals surface area (Å²) in [5.74, 6) is 1.10. The van der Waals surface area contributed by atoms with Crippen LogP contribution < -0.4 is 0 Å². The monoisotopic (exact) mass is 631 g/mol. The third-order valence-corrected chi connectivity index (χ3v) is 8.50. The van der Waals surface area contributed by atoms with Crippen molar-refractivity contribution >= 4 is 0 Å². The standard InChI is InChI=1S/C8H15N.C8H17N.C7H15NO.C7H15N.4C2H6.CH4/c1-6(2)9-4-3-7-5-8(7)9;1-8(2)9-6-4-3-5-7-9;1-7(2)8-3-5-9-6-4-8;1-7(2)8-5-3-4-6-8;4*1-2;/h6-8H,3-5H2,1-2H3;8H,3-7H2,1-2H3;7H,3-6H2,1-2H3;7H,3-6H2,1-2H3;4*1-2H3;1H4. The highest BCUT2D eigenvalue weighted by molar-refractivity contribution is 5.01. The Morgan fingerprint density at radius 1 is 0.455 bits per heavy atom. The van der Waals surface area contributed by atoms with Gasteiger partial charge in [0.15, 0.2) is 0 Å². The number of rotatable bonds is 4. The predicted octanol–water partition coefficient (Wildman–Crippen LogP) is 10.3. The van der Waals surface area contributed by atoms with Gasteiger partial charge in [0.05, 0.1) is 13.2 Å². The molecule has 0 spiro atoms. The van der Waals surface area contributed by atoms with E-state index in [4.69, 9.17) is 4.74 Å². The maximum absolute atomic E-state index is 5.21. The van der Waals surface area contributed by atoms with E-state index in [0.29, 0.717) is 6.04 Å². The number of hydrogen-bond donors (Lipinski definition) is 0. The van der Waals surface area contributed by atoms with Crippen LogP contribution in [0.15, 0.2) is 0 Å². The van der Waals surface area contributed by atoms with Gasteiger partial charge in [-0.05, 0) is 133 Å². The van der Waals surface area contributed by atoms with Crippen molar-refractivity contribution in [2.24, 2.45) is 5.92 Å². The molecule has 5 heteroatoms. The van der Waals surface area contributed by atoms with Crippen LogP contribution in [0.3, 0.4) is 0 Å². The molecule has 5 nitrogen and oxygen atoms in total. The molecule has 4 heterocycles. The minimum atomic E-state index is 0. The van der Waals surface area contributed by atoms with Gasteiger partial charge < -0.3 is 14.5 Å². The number of nitrogens with zero attached hydrogens (tertiary/aromatic N) is 4. The molecule has 2 atom stereocenters. The average molecular weight is 631 g/mol. The Hall–Kier alpha value is -0.200. The molecule has 0 bridgehead atoms. The fourth-order valence-electron chi connectivity index (χ4n) is 5.86. The second-order valence-corrected chi connectivity index (χ2v) is 12.5. The summed E-state index contributed by atoms with van der Waals surface area (Å²) >= 11 is 0. The molecule has 0 aromatic heterocycles. The number of likely N-dealkylation sites (tertiary alicyclic amines) is 3. The van der Waals surface area contributed by atoms with Crippen LogP contribution in [0.5, 0.6) is 0 Å². The first-order valence-electron chi connectivity index (χ1n) is 19.3. The SMILES string of the molecule is C.CC.CC.CC.CC.CC(C)N1CCC2CC21.CC(C)N1CCCC1.CC(C)N1CCCCC1.CC(C)N1CCOCC1. The lowest BCUT2D eigenvalue weighted by atomic mass is 10.1. The zero-order valence-corrected chi connectivity index (χ0v) is 33.0. The van der Waals surface area contributed by atoms with Crippen molar-refractivity contribution in [3.63, 3.8) is 0 Å². The van der Waals surface area contributed by atoms with Gasteiger partial charge in [0.25, 0.3) is 0 Å². The fraction of sp³-hybridized carbons (Fsp3) is 1.00. The molecule has 1 aliphatic carbocycles. The van der Waals surface area contributed by atoms with Crippen molar-refractivity contribution < 1.29 is 4.74 Å². The Labute approximate surface area is 282 Å². The van der Waals surface area contributed by atoms with Gasteiger partial charge in [0.1, 0.15) is 0 Å². The molecule has 0 aromatic rings. The van der Waals surface area contributed by atoms with Gasteiger partial charge in [0, 0.05) is 43.3 Å². The molecule has 5 aliphatic rings. The molecule has 2 unspecified atom stereocenters. The summed E-state index contributed by atoms with van der Waals surface area (Å²) in [6, 6.07) is 4.03. The number of ether oxygens (including phenoxy) is 1. The summed E-state index contributed by atoms with van der Waals surface area (Å²) in [5, 5.41) is 0. The minimum Gasteiger partial charge on any atom is -0.379 e. The summed E-state index contributed by atoms with van der Waals surface area (Å²) in [4.78, 5) is 10.2. The first-order valence-corrected chi connectivity index (χ1v) is 19.3. The highest BCUT2D eigenvalue weighted by Gasteiger charge is 2.47. The summed E-state index contributed by atoms with van der Waals surface area (Å²) in [5.41, 5.74) is 0. The van der Waals surface area contributed by atoms with E-state index in [1.54, 1.807) is 0 Å². The second-order valence-electron chi connectivity index (χ2n) is 12.5. The number of morpholine rings is 1. The smallest absolute Gasteiger partial charge is 0.0594 e. The Morgan fingerprint density at radius 3 is 1.00 bits per heavy atom. The van der Waals surface area contributed by atoms with Crippen LogP contribution in [0.1, 0.15) is 163 Å². The molecule has 0 radical (unpaired) electrons. The van der Waals surface area contributed by atoms with E-state index in [2.05, 4.69) is 75.0 Å². The summed E-state index contributed by atoms with van der Waals surface area (Å²) < 4.78 is 5.21. The molecular formula is C39H90N4O. The molecular weight excluding hydrogens is 540 g/mol. The third-order valence-electron chi connectivity index (χ3n) is 8.50. The lowest BCUT2D eigenvalue weighted by Gasteiger charge is -2.29. The highest BCUT2D eigenvalue weighted by Crippen LogP contribution is 2.45. The molecule has 5 rings (SSSR count). The van der Waals surface area contributed by atoms with Crippen LogP contribution in [0.4, 0.5) is 0 Å². The van der Waals surface area contributed by atoms with Crippen LogP contribution in [0.25, 0.3) is 0 Å². The Morgan fingerprint density at radius 2 is 0.795 bits per heavy atom. The topological polar surface area (TPSA) is 22.2 Å². The van der Waals surface area contributed by atoms with E-state index in [-0.39, 0.29) is 7.43 Å². The zero-order valence-electron chi connectivity index (χ0n) is 33.0. The van der Waals surface area contributed by atoms with Crippen LogP contribution in [0, 0.1) is 5.92 Å².